The van der Waals surface area contributed by atoms with Crippen molar-refractivity contribution in [3.05, 3.63) is 28.7 Å². The van der Waals surface area contributed by atoms with E-state index in [0.717, 1.165) is 30.4 Å². The van der Waals surface area contributed by atoms with Gasteiger partial charge < -0.3 is 10.6 Å². The number of anilines is 1. The third-order valence-electron chi connectivity index (χ3n) is 3.71. The number of rotatable bonds is 3. The number of benzene rings is 1. The van der Waals surface area contributed by atoms with Crippen LogP contribution in [0.4, 0.5) is 10.1 Å². The Morgan fingerprint density at radius 3 is 2.59 bits per heavy atom. The van der Waals surface area contributed by atoms with Crippen LogP contribution in [0.3, 0.4) is 0 Å². The molecule has 2 nitrogen and oxygen atoms in total. The predicted molar refractivity (Wildman–Crippen MR) is 73.1 cm³/mol. The van der Waals surface area contributed by atoms with E-state index in [2.05, 4.69) is 33.0 Å². The second-order valence-corrected chi connectivity index (χ2v) is 5.72. The zero-order valence-electron chi connectivity index (χ0n) is 9.83. The second-order valence-electron chi connectivity index (χ2n) is 4.80. The fourth-order valence-electron chi connectivity index (χ4n) is 2.30. The zero-order valence-corrected chi connectivity index (χ0v) is 11.4. The van der Waals surface area contributed by atoms with Crippen LogP contribution in [0, 0.1) is 5.41 Å². The molecule has 0 atom stereocenters. The molecule has 1 aromatic carbocycles. The summed E-state index contributed by atoms with van der Waals surface area (Å²) in [6.45, 7) is 1.93. The molecule has 4 heteroatoms. The molecule has 0 amide bonds. The van der Waals surface area contributed by atoms with Crippen molar-refractivity contribution in [1.29, 1.82) is 0 Å². The molecule has 0 aliphatic carbocycles. The molecule has 1 aliphatic rings. The molecule has 0 spiro atoms. The van der Waals surface area contributed by atoms with Gasteiger partial charge in [-0.1, -0.05) is 22.0 Å². The van der Waals surface area contributed by atoms with E-state index >= 15 is 0 Å². The Morgan fingerprint density at radius 2 is 2.06 bits per heavy atom. The van der Waals surface area contributed by atoms with Gasteiger partial charge in [0.25, 0.3) is 0 Å². The third kappa shape index (κ3) is 2.80. The molecule has 1 heterocycles. The highest BCUT2D eigenvalue weighted by Crippen LogP contribution is 2.33. The van der Waals surface area contributed by atoms with Gasteiger partial charge in [-0.3, -0.25) is 4.39 Å². The van der Waals surface area contributed by atoms with E-state index in [1.807, 2.05) is 12.1 Å². The van der Waals surface area contributed by atoms with Gasteiger partial charge in [0.15, 0.2) is 0 Å². The van der Waals surface area contributed by atoms with Gasteiger partial charge in [0.2, 0.25) is 0 Å². The van der Waals surface area contributed by atoms with Crippen molar-refractivity contribution < 1.29 is 4.39 Å². The zero-order chi connectivity index (χ0) is 12.3. The van der Waals surface area contributed by atoms with E-state index in [9.17, 15) is 4.39 Å². The van der Waals surface area contributed by atoms with Gasteiger partial charge in [-0.25, -0.2) is 0 Å². The minimum Gasteiger partial charge on any atom is -0.371 e. The molecule has 94 valence electrons. The predicted octanol–water partition coefficient (Wildman–Crippen LogP) is 2.96. The topological polar surface area (TPSA) is 29.3 Å². The summed E-state index contributed by atoms with van der Waals surface area (Å²) in [4.78, 5) is 2.30. The van der Waals surface area contributed by atoms with Gasteiger partial charge in [-0.15, -0.1) is 0 Å². The van der Waals surface area contributed by atoms with Crippen molar-refractivity contribution in [3.63, 3.8) is 0 Å². The maximum absolute atomic E-state index is 13.0. The number of hydrogen-bond acceptors (Lipinski definition) is 2. The Bertz CT molecular complexity index is 369. The average Bonchev–Trinajstić information content (AvgIpc) is 2.39. The van der Waals surface area contributed by atoms with Crippen molar-refractivity contribution in [2.45, 2.75) is 12.8 Å². The minimum atomic E-state index is -0.296. The summed E-state index contributed by atoms with van der Waals surface area (Å²) in [5.74, 6) is 0. The van der Waals surface area contributed by atoms with E-state index < -0.39 is 0 Å². The summed E-state index contributed by atoms with van der Waals surface area (Å²) in [5.41, 5.74) is 6.61. The number of hydrogen-bond donors (Lipinski definition) is 1. The Balaban J connectivity index is 2.04. The highest BCUT2D eigenvalue weighted by atomic mass is 79.9. The number of piperidine rings is 1. The quantitative estimate of drug-likeness (QED) is 0.930. The molecule has 1 fully saturated rings. The van der Waals surface area contributed by atoms with Crippen LogP contribution in [0.25, 0.3) is 0 Å². The SMILES string of the molecule is NCC1(CF)CCN(c2cccc(Br)c2)CC1. The van der Waals surface area contributed by atoms with Crippen LogP contribution in [0.1, 0.15) is 12.8 Å². The highest BCUT2D eigenvalue weighted by Gasteiger charge is 2.33. The largest absolute Gasteiger partial charge is 0.371 e. The van der Waals surface area contributed by atoms with E-state index in [4.69, 9.17) is 5.73 Å². The summed E-state index contributed by atoms with van der Waals surface area (Å²) < 4.78 is 14.1. The van der Waals surface area contributed by atoms with Crippen LogP contribution in [-0.2, 0) is 0 Å². The molecular weight excluding hydrogens is 283 g/mol. The van der Waals surface area contributed by atoms with Gasteiger partial charge in [0.1, 0.15) is 0 Å². The highest BCUT2D eigenvalue weighted by molar-refractivity contribution is 9.10. The third-order valence-corrected chi connectivity index (χ3v) is 4.21. The molecule has 1 aliphatic heterocycles. The molecular formula is C13H18BrFN2. The maximum Gasteiger partial charge on any atom is 0.0964 e. The summed E-state index contributed by atoms with van der Waals surface area (Å²) in [6, 6.07) is 8.24. The molecule has 1 aromatic rings. The smallest absolute Gasteiger partial charge is 0.0964 e. The van der Waals surface area contributed by atoms with Gasteiger partial charge in [-0.05, 0) is 31.0 Å². The molecule has 0 bridgehead atoms. The van der Waals surface area contributed by atoms with E-state index in [1.54, 1.807) is 0 Å². The molecule has 2 rings (SSSR count). The lowest BCUT2D eigenvalue weighted by Crippen LogP contribution is -2.45. The lowest BCUT2D eigenvalue weighted by molar-refractivity contribution is 0.168. The summed E-state index contributed by atoms with van der Waals surface area (Å²) in [7, 11) is 0. The molecule has 17 heavy (non-hydrogen) atoms. The minimum absolute atomic E-state index is 0.275. The van der Waals surface area contributed by atoms with Crippen LogP contribution in [0.5, 0.6) is 0 Å². The maximum atomic E-state index is 13.0. The lowest BCUT2D eigenvalue weighted by Gasteiger charge is -2.40. The van der Waals surface area contributed by atoms with Crippen LogP contribution >= 0.6 is 15.9 Å². The first kappa shape index (κ1) is 12.8. The number of nitrogens with two attached hydrogens (primary N) is 1. The first-order chi connectivity index (χ1) is 8.19. The van der Waals surface area contributed by atoms with Crippen LogP contribution in [-0.4, -0.2) is 26.3 Å². The van der Waals surface area contributed by atoms with Crippen molar-refractivity contribution >= 4 is 21.6 Å². The number of alkyl halides is 1. The lowest BCUT2D eigenvalue weighted by atomic mass is 9.79. The average molecular weight is 301 g/mol. The molecule has 0 radical (unpaired) electrons. The van der Waals surface area contributed by atoms with Gasteiger partial charge >= 0.3 is 0 Å². The fourth-order valence-corrected chi connectivity index (χ4v) is 2.69. The normalized spacial score (nSPS) is 19.4. The molecule has 0 unspecified atom stereocenters. The van der Waals surface area contributed by atoms with Gasteiger partial charge in [0, 0.05) is 35.2 Å². The van der Waals surface area contributed by atoms with Crippen LogP contribution in [0.2, 0.25) is 0 Å². The molecule has 0 aromatic heterocycles. The summed E-state index contributed by atoms with van der Waals surface area (Å²) >= 11 is 3.47. The van der Waals surface area contributed by atoms with E-state index in [1.165, 1.54) is 5.69 Å². The fraction of sp³-hybridized carbons (Fsp3) is 0.538. The van der Waals surface area contributed by atoms with Gasteiger partial charge in [-0.2, -0.15) is 0 Å². The Labute approximate surface area is 110 Å². The first-order valence-corrected chi connectivity index (χ1v) is 6.75. The summed E-state index contributed by atoms with van der Waals surface area (Å²) in [6.07, 6.45) is 1.68. The number of nitrogens with zero attached hydrogens (tertiary/aromatic N) is 1. The van der Waals surface area contributed by atoms with Crippen molar-refractivity contribution in [2.75, 3.05) is 31.2 Å². The van der Waals surface area contributed by atoms with Crippen LogP contribution in [0.15, 0.2) is 28.7 Å². The van der Waals surface area contributed by atoms with E-state index in [-0.39, 0.29) is 12.1 Å². The van der Waals surface area contributed by atoms with Crippen LogP contribution < -0.4 is 10.6 Å². The monoisotopic (exact) mass is 300 g/mol. The first-order valence-electron chi connectivity index (χ1n) is 5.96. The number of halogens is 2. The van der Waals surface area contributed by atoms with Crippen molar-refractivity contribution in [3.8, 4) is 0 Å². The summed E-state index contributed by atoms with van der Waals surface area (Å²) in [5, 5.41) is 0. The molecule has 2 N–H and O–H groups in total. The Morgan fingerprint density at radius 1 is 1.35 bits per heavy atom. The van der Waals surface area contributed by atoms with Crippen molar-refractivity contribution in [2.24, 2.45) is 11.1 Å². The molecule has 1 saturated heterocycles. The van der Waals surface area contributed by atoms with E-state index in [0.29, 0.717) is 6.54 Å². The standard InChI is InChI=1S/C13H18BrFN2/c14-11-2-1-3-12(8-11)17-6-4-13(9-15,10-16)5-7-17/h1-3,8H,4-7,9-10,16H2. The molecule has 0 saturated carbocycles. The van der Waals surface area contributed by atoms with Gasteiger partial charge in [0.05, 0.1) is 6.67 Å². The second kappa shape index (κ2) is 5.36. The Kier molecular flexibility index (Phi) is 4.05. The van der Waals surface area contributed by atoms with Crippen molar-refractivity contribution in [1.82, 2.24) is 0 Å². The Hall–Kier alpha value is -0.610.